The van der Waals surface area contributed by atoms with E-state index in [1.165, 1.54) is 24.3 Å². The topological polar surface area (TPSA) is 18.5 Å². The maximum atomic E-state index is 13.9. The summed E-state index contributed by atoms with van der Waals surface area (Å²) >= 11 is 0. The Labute approximate surface area is 128 Å². The van der Waals surface area contributed by atoms with E-state index in [-0.39, 0.29) is 17.9 Å². The highest BCUT2D eigenvalue weighted by Gasteiger charge is 2.72. The van der Waals surface area contributed by atoms with E-state index in [0.717, 1.165) is 7.11 Å². The van der Waals surface area contributed by atoms with Crippen molar-refractivity contribution in [2.45, 2.75) is 37.5 Å². The Morgan fingerprint density at radius 3 is 1.91 bits per heavy atom. The highest BCUT2D eigenvalue weighted by molar-refractivity contribution is 5.35. The molecule has 1 aromatic rings. The lowest BCUT2D eigenvalue weighted by molar-refractivity contribution is -0.348. The molecule has 0 heterocycles. The fraction of sp³-hybridized carbons (Fsp3) is 0.571. The van der Waals surface area contributed by atoms with Crippen molar-refractivity contribution < 1.29 is 40.2 Å². The van der Waals surface area contributed by atoms with Gasteiger partial charge in [-0.25, -0.2) is 4.39 Å². The van der Waals surface area contributed by atoms with Crippen LogP contribution in [0.2, 0.25) is 0 Å². The first-order valence-corrected chi connectivity index (χ1v) is 6.54. The van der Waals surface area contributed by atoms with Crippen molar-refractivity contribution in [1.82, 2.24) is 0 Å². The smallest absolute Gasteiger partial charge is 0.431 e. The zero-order chi connectivity index (χ0) is 17.9. The van der Waals surface area contributed by atoms with Gasteiger partial charge in [0.1, 0.15) is 5.75 Å². The van der Waals surface area contributed by atoms with Gasteiger partial charge in [-0.3, -0.25) is 0 Å². The van der Waals surface area contributed by atoms with E-state index in [1.54, 1.807) is 6.92 Å². The molecule has 0 aromatic heterocycles. The molecule has 132 valence electrons. The lowest BCUT2D eigenvalue weighted by Gasteiger charge is -2.33. The second kappa shape index (κ2) is 6.94. The highest BCUT2D eigenvalue weighted by atomic mass is 19.4. The number of benzene rings is 1. The minimum atomic E-state index is -6.12. The molecule has 0 N–H and O–H groups in total. The van der Waals surface area contributed by atoms with Crippen molar-refractivity contribution >= 4 is 0 Å². The van der Waals surface area contributed by atoms with Gasteiger partial charge in [-0.15, -0.1) is 0 Å². The van der Waals surface area contributed by atoms with E-state index in [2.05, 4.69) is 4.74 Å². The van der Waals surface area contributed by atoms with Gasteiger partial charge in [-0.2, -0.15) is 26.3 Å². The molecule has 0 amide bonds. The average Bonchev–Trinajstić information content (AvgIpc) is 2.43. The number of halogens is 7. The molecular weight excluding hydrogens is 333 g/mol. The third-order valence-electron chi connectivity index (χ3n) is 3.22. The molecule has 1 aromatic carbocycles. The van der Waals surface area contributed by atoms with Crippen molar-refractivity contribution in [1.29, 1.82) is 0 Å². The van der Waals surface area contributed by atoms with Crippen LogP contribution in [0.3, 0.4) is 0 Å². The zero-order valence-corrected chi connectivity index (χ0v) is 12.3. The van der Waals surface area contributed by atoms with Crippen LogP contribution < -0.4 is 4.74 Å². The van der Waals surface area contributed by atoms with Gasteiger partial charge in [0, 0.05) is 19.1 Å². The van der Waals surface area contributed by atoms with Crippen LogP contribution >= 0.6 is 0 Å². The van der Waals surface area contributed by atoms with Crippen molar-refractivity contribution in [2.75, 3.05) is 13.7 Å². The van der Waals surface area contributed by atoms with Crippen molar-refractivity contribution in [3.63, 3.8) is 0 Å². The molecule has 2 nitrogen and oxygen atoms in total. The van der Waals surface area contributed by atoms with Gasteiger partial charge in [0.15, 0.2) is 0 Å². The third-order valence-corrected chi connectivity index (χ3v) is 3.22. The van der Waals surface area contributed by atoms with Crippen LogP contribution in [0.25, 0.3) is 0 Å². The molecule has 23 heavy (non-hydrogen) atoms. The number of ether oxygens (including phenoxy) is 2. The predicted molar refractivity (Wildman–Crippen MR) is 67.9 cm³/mol. The van der Waals surface area contributed by atoms with E-state index in [4.69, 9.17) is 4.74 Å². The molecule has 0 spiro atoms. The number of hydrogen-bond acceptors (Lipinski definition) is 2. The SMILES string of the molecule is CCOc1ccccc1C(CC(F)(C(F)(F)F)C(F)(F)F)OC. The molecule has 0 aliphatic rings. The Balaban J connectivity index is 3.26. The normalized spacial score (nSPS) is 14.7. The van der Waals surface area contributed by atoms with E-state index in [1.807, 2.05) is 0 Å². The molecule has 0 bridgehead atoms. The summed E-state index contributed by atoms with van der Waals surface area (Å²) in [5.41, 5.74) is -5.48. The minimum absolute atomic E-state index is 0.0357. The summed E-state index contributed by atoms with van der Waals surface area (Å²) in [6.45, 7) is 1.72. The first kappa shape index (κ1) is 19.5. The van der Waals surface area contributed by atoms with Crippen LogP contribution in [0.4, 0.5) is 30.7 Å². The van der Waals surface area contributed by atoms with Gasteiger partial charge in [0.25, 0.3) is 0 Å². The Morgan fingerprint density at radius 2 is 1.48 bits per heavy atom. The Hall–Kier alpha value is -1.51. The lowest BCUT2D eigenvalue weighted by atomic mass is 9.92. The molecule has 1 atom stereocenters. The fourth-order valence-corrected chi connectivity index (χ4v) is 2.00. The molecule has 0 fully saturated rings. The quantitative estimate of drug-likeness (QED) is 0.674. The average molecular weight is 348 g/mol. The van der Waals surface area contributed by atoms with Crippen LogP contribution in [0.1, 0.15) is 25.0 Å². The molecule has 0 saturated carbocycles. The van der Waals surface area contributed by atoms with Gasteiger partial charge in [-0.05, 0) is 13.0 Å². The zero-order valence-electron chi connectivity index (χ0n) is 12.3. The lowest BCUT2D eigenvalue weighted by Crippen LogP contribution is -2.54. The van der Waals surface area contributed by atoms with Crippen molar-refractivity contribution in [3.05, 3.63) is 29.8 Å². The van der Waals surface area contributed by atoms with Crippen LogP contribution in [0.5, 0.6) is 5.75 Å². The fourth-order valence-electron chi connectivity index (χ4n) is 2.00. The minimum Gasteiger partial charge on any atom is -0.493 e. The Bertz CT molecular complexity index is 497. The molecule has 1 unspecified atom stereocenters. The largest absolute Gasteiger partial charge is 0.493 e. The summed E-state index contributed by atoms with van der Waals surface area (Å²) in [5.74, 6) is 0.0357. The third kappa shape index (κ3) is 4.07. The summed E-state index contributed by atoms with van der Waals surface area (Å²) < 4.78 is 99.8. The van der Waals surface area contributed by atoms with Gasteiger partial charge in [0.2, 0.25) is 0 Å². The van der Waals surface area contributed by atoms with E-state index in [9.17, 15) is 30.7 Å². The number of rotatable bonds is 6. The second-order valence-corrected chi connectivity index (χ2v) is 4.70. The van der Waals surface area contributed by atoms with Gasteiger partial charge < -0.3 is 9.47 Å². The summed E-state index contributed by atoms with van der Waals surface area (Å²) in [6.07, 6.45) is -16.0. The number of hydrogen-bond donors (Lipinski definition) is 0. The highest BCUT2D eigenvalue weighted by Crippen LogP contribution is 2.51. The van der Waals surface area contributed by atoms with E-state index < -0.39 is 30.5 Å². The summed E-state index contributed by atoms with van der Waals surface area (Å²) in [5, 5.41) is 0. The van der Waals surface area contributed by atoms with Crippen LogP contribution in [0.15, 0.2) is 24.3 Å². The van der Waals surface area contributed by atoms with Gasteiger partial charge in [0.05, 0.1) is 12.7 Å². The molecule has 0 aliphatic carbocycles. The van der Waals surface area contributed by atoms with Crippen molar-refractivity contribution in [3.8, 4) is 5.75 Å². The van der Waals surface area contributed by atoms with Gasteiger partial charge in [-0.1, -0.05) is 18.2 Å². The number of methoxy groups -OCH3 is 1. The molecule has 9 heteroatoms. The Morgan fingerprint density at radius 1 is 0.957 bits per heavy atom. The number of para-hydroxylation sites is 1. The van der Waals surface area contributed by atoms with Crippen molar-refractivity contribution in [2.24, 2.45) is 0 Å². The number of alkyl halides is 7. The van der Waals surface area contributed by atoms with Crippen LogP contribution in [0, 0.1) is 0 Å². The van der Waals surface area contributed by atoms with E-state index in [0.29, 0.717) is 0 Å². The van der Waals surface area contributed by atoms with Crippen LogP contribution in [-0.4, -0.2) is 31.7 Å². The summed E-state index contributed by atoms with van der Waals surface area (Å²) in [7, 11) is 0.903. The molecule has 0 saturated heterocycles. The monoisotopic (exact) mass is 348 g/mol. The van der Waals surface area contributed by atoms with Crippen LogP contribution in [-0.2, 0) is 4.74 Å². The maximum absolute atomic E-state index is 13.9. The van der Waals surface area contributed by atoms with Gasteiger partial charge >= 0.3 is 18.0 Å². The first-order chi connectivity index (χ1) is 10.5. The second-order valence-electron chi connectivity index (χ2n) is 4.70. The first-order valence-electron chi connectivity index (χ1n) is 6.54. The predicted octanol–water partition coefficient (Wildman–Crippen LogP) is 5.00. The molecule has 0 radical (unpaired) electrons. The van der Waals surface area contributed by atoms with E-state index >= 15 is 0 Å². The summed E-state index contributed by atoms with van der Waals surface area (Å²) in [6, 6.07) is 5.45. The molecule has 1 rings (SSSR count). The maximum Gasteiger partial charge on any atom is 0.431 e. The summed E-state index contributed by atoms with van der Waals surface area (Å²) in [4.78, 5) is 0. The molecule has 0 aliphatic heterocycles. The Kier molecular flexibility index (Phi) is 5.89. The standard InChI is InChI=1S/C14H15F7O2/c1-3-23-10-7-5-4-6-9(10)11(22-2)8-12(15,13(16,17)18)14(19,20)21/h4-7,11H,3,8H2,1-2H3. The molecular formula is C14H15F7O2.